The number of carbonyl (C=O) groups excluding carboxylic acids is 1. The van der Waals surface area contributed by atoms with Crippen molar-refractivity contribution in [3.8, 4) is 0 Å². The number of nitrogens with one attached hydrogen (secondary N) is 1. The lowest BCUT2D eigenvalue weighted by atomic mass is 9.62. The van der Waals surface area contributed by atoms with Crippen molar-refractivity contribution in [1.29, 1.82) is 0 Å². The van der Waals surface area contributed by atoms with Crippen LogP contribution in [0.15, 0.2) is 0 Å². The lowest BCUT2D eigenvalue weighted by Gasteiger charge is -2.54. The number of hydrogen-bond acceptors (Lipinski definition) is 3. The number of piperidine rings is 1. The predicted octanol–water partition coefficient (Wildman–Crippen LogP) is 1.18. The second kappa shape index (κ2) is 3.55. The van der Waals surface area contributed by atoms with E-state index in [4.69, 9.17) is 0 Å². The first-order chi connectivity index (χ1) is 8.30. The molecule has 4 rings (SSSR count). The molecule has 94 valence electrons. The molecule has 17 heavy (non-hydrogen) atoms. The van der Waals surface area contributed by atoms with Crippen LogP contribution in [-0.4, -0.2) is 41.9 Å². The molecule has 1 N–H and O–H groups in total. The van der Waals surface area contributed by atoms with Crippen LogP contribution in [-0.2, 0) is 4.79 Å². The molecule has 0 amide bonds. The molecule has 4 atom stereocenters. The Bertz CT molecular complexity index is 348. The van der Waals surface area contributed by atoms with Gasteiger partial charge < -0.3 is 5.32 Å². The molecule has 4 fully saturated rings. The van der Waals surface area contributed by atoms with Gasteiger partial charge in [0.1, 0.15) is 5.78 Å². The molecule has 3 heteroatoms. The predicted molar refractivity (Wildman–Crippen MR) is 65.8 cm³/mol. The fourth-order valence-corrected chi connectivity index (χ4v) is 5.37. The number of carbonyl (C=O) groups is 1. The van der Waals surface area contributed by atoms with E-state index in [-0.39, 0.29) is 5.54 Å². The first-order valence-corrected chi connectivity index (χ1v) is 7.31. The fourth-order valence-electron chi connectivity index (χ4n) is 5.37. The topological polar surface area (TPSA) is 32.3 Å². The number of Topliss-reactive ketones (excluding diaryl/α,β-unsaturated/α-hetero) is 1. The van der Waals surface area contributed by atoms with Gasteiger partial charge in [0.25, 0.3) is 0 Å². The monoisotopic (exact) mass is 234 g/mol. The summed E-state index contributed by atoms with van der Waals surface area (Å²) >= 11 is 0. The number of rotatable bonds is 0. The summed E-state index contributed by atoms with van der Waals surface area (Å²) in [6.45, 7) is 3.64. The van der Waals surface area contributed by atoms with Gasteiger partial charge in [-0.25, -0.2) is 0 Å². The van der Waals surface area contributed by atoms with Crippen molar-refractivity contribution >= 4 is 5.78 Å². The third-order valence-electron chi connectivity index (χ3n) is 5.99. The highest BCUT2D eigenvalue weighted by Crippen LogP contribution is 2.53. The normalized spacial score (nSPS) is 49.9. The first kappa shape index (κ1) is 10.5. The molecular weight excluding hydrogens is 212 g/mol. The Labute approximate surface area is 103 Å². The van der Waals surface area contributed by atoms with E-state index < -0.39 is 0 Å². The van der Waals surface area contributed by atoms with Gasteiger partial charge in [-0.2, -0.15) is 0 Å². The van der Waals surface area contributed by atoms with Crippen molar-refractivity contribution in [3.05, 3.63) is 0 Å². The van der Waals surface area contributed by atoms with Gasteiger partial charge in [-0.1, -0.05) is 0 Å². The average Bonchev–Trinajstić information content (AvgIpc) is 2.90. The molecule has 0 bridgehead atoms. The first-order valence-electron chi connectivity index (χ1n) is 7.31. The van der Waals surface area contributed by atoms with E-state index in [0.717, 1.165) is 24.7 Å². The minimum absolute atomic E-state index is 0.280. The number of ketones is 1. The molecule has 0 aromatic heterocycles. The SMILES string of the molecule is O=C1CC[C@@H]2CCN3CCC4NCCC4[C@]23C1. The number of fused-ring (bicyclic) bond motifs is 1. The van der Waals surface area contributed by atoms with Crippen LogP contribution in [0.4, 0.5) is 0 Å². The minimum atomic E-state index is 0.280. The van der Waals surface area contributed by atoms with E-state index in [0.29, 0.717) is 11.8 Å². The minimum Gasteiger partial charge on any atom is -0.314 e. The highest BCUT2D eigenvalue weighted by Gasteiger charge is 2.60. The third-order valence-corrected chi connectivity index (χ3v) is 5.99. The van der Waals surface area contributed by atoms with Gasteiger partial charge in [0.05, 0.1) is 0 Å². The Morgan fingerprint density at radius 2 is 2.06 bits per heavy atom. The van der Waals surface area contributed by atoms with Crippen LogP contribution in [0.1, 0.15) is 38.5 Å². The Morgan fingerprint density at radius 3 is 3.00 bits per heavy atom. The standard InChI is InChI=1S/C14H22N2O/c17-11-2-1-10-4-7-16-8-5-13-12(3-6-15-13)14(10,16)9-11/h10,12-13,15H,1-9H2/t10-,12?,13?,14+/m1/s1. The summed E-state index contributed by atoms with van der Waals surface area (Å²) in [4.78, 5) is 14.7. The molecule has 0 aromatic rings. The van der Waals surface area contributed by atoms with Crippen LogP contribution in [0.2, 0.25) is 0 Å². The summed E-state index contributed by atoms with van der Waals surface area (Å²) in [6.07, 6.45) is 6.82. The maximum atomic E-state index is 12.0. The summed E-state index contributed by atoms with van der Waals surface area (Å²) in [5, 5.41) is 3.68. The molecule has 0 aromatic carbocycles. The van der Waals surface area contributed by atoms with Gasteiger partial charge >= 0.3 is 0 Å². The maximum Gasteiger partial charge on any atom is 0.134 e. The van der Waals surface area contributed by atoms with Crippen LogP contribution >= 0.6 is 0 Å². The van der Waals surface area contributed by atoms with Crippen molar-refractivity contribution in [2.45, 2.75) is 50.1 Å². The average molecular weight is 234 g/mol. The lowest BCUT2D eigenvalue weighted by Crippen LogP contribution is -2.63. The van der Waals surface area contributed by atoms with Crippen molar-refractivity contribution in [3.63, 3.8) is 0 Å². The number of nitrogens with zero attached hydrogens (tertiary/aromatic N) is 1. The zero-order valence-corrected chi connectivity index (χ0v) is 10.5. The lowest BCUT2D eigenvalue weighted by molar-refractivity contribution is -0.129. The summed E-state index contributed by atoms with van der Waals surface area (Å²) < 4.78 is 0. The molecule has 3 heterocycles. The van der Waals surface area contributed by atoms with Gasteiger partial charge in [-0.15, -0.1) is 0 Å². The van der Waals surface area contributed by atoms with E-state index in [1.807, 2.05) is 0 Å². The Hall–Kier alpha value is -0.410. The third kappa shape index (κ3) is 1.27. The van der Waals surface area contributed by atoms with Gasteiger partial charge in [0.15, 0.2) is 0 Å². The summed E-state index contributed by atoms with van der Waals surface area (Å²) in [7, 11) is 0. The van der Waals surface area contributed by atoms with Crippen LogP contribution < -0.4 is 5.32 Å². The van der Waals surface area contributed by atoms with E-state index >= 15 is 0 Å². The van der Waals surface area contributed by atoms with Crippen LogP contribution in [0, 0.1) is 11.8 Å². The van der Waals surface area contributed by atoms with Gasteiger partial charge in [0, 0.05) is 31.0 Å². The summed E-state index contributed by atoms with van der Waals surface area (Å²) in [6, 6.07) is 0.706. The van der Waals surface area contributed by atoms with Crippen LogP contribution in [0.5, 0.6) is 0 Å². The van der Waals surface area contributed by atoms with Crippen molar-refractivity contribution in [1.82, 2.24) is 10.2 Å². The van der Waals surface area contributed by atoms with E-state index in [2.05, 4.69) is 10.2 Å². The van der Waals surface area contributed by atoms with Crippen molar-refractivity contribution in [2.75, 3.05) is 19.6 Å². The smallest absolute Gasteiger partial charge is 0.134 e. The molecule has 3 nitrogen and oxygen atoms in total. The van der Waals surface area contributed by atoms with E-state index in [1.54, 1.807) is 0 Å². The maximum absolute atomic E-state index is 12.0. The zero-order chi connectivity index (χ0) is 11.5. The molecule has 3 aliphatic heterocycles. The molecule has 3 saturated heterocycles. The Kier molecular flexibility index (Phi) is 2.19. The molecule has 1 spiro atoms. The zero-order valence-electron chi connectivity index (χ0n) is 10.5. The molecule has 1 aliphatic carbocycles. The largest absolute Gasteiger partial charge is 0.314 e. The molecular formula is C14H22N2O. The van der Waals surface area contributed by atoms with Crippen molar-refractivity contribution in [2.24, 2.45) is 11.8 Å². The molecule has 2 unspecified atom stereocenters. The van der Waals surface area contributed by atoms with Gasteiger partial charge in [0.2, 0.25) is 0 Å². The fraction of sp³-hybridized carbons (Fsp3) is 0.929. The summed E-state index contributed by atoms with van der Waals surface area (Å²) in [5.74, 6) is 2.10. The number of hydrogen-bond donors (Lipinski definition) is 1. The van der Waals surface area contributed by atoms with E-state index in [1.165, 1.54) is 45.3 Å². The van der Waals surface area contributed by atoms with Gasteiger partial charge in [-0.3, -0.25) is 9.69 Å². The quantitative estimate of drug-likeness (QED) is 0.683. The van der Waals surface area contributed by atoms with E-state index in [9.17, 15) is 4.79 Å². The van der Waals surface area contributed by atoms with Crippen LogP contribution in [0.25, 0.3) is 0 Å². The second-order valence-electron chi connectivity index (χ2n) is 6.46. The Morgan fingerprint density at radius 1 is 1.18 bits per heavy atom. The highest BCUT2D eigenvalue weighted by atomic mass is 16.1. The Balaban J connectivity index is 1.76. The van der Waals surface area contributed by atoms with Crippen molar-refractivity contribution < 1.29 is 4.79 Å². The summed E-state index contributed by atoms with van der Waals surface area (Å²) in [5.41, 5.74) is 0.280. The molecule has 0 radical (unpaired) electrons. The van der Waals surface area contributed by atoms with Crippen LogP contribution in [0.3, 0.4) is 0 Å². The highest BCUT2D eigenvalue weighted by molar-refractivity contribution is 5.81. The molecule has 4 aliphatic rings. The second-order valence-corrected chi connectivity index (χ2v) is 6.46. The van der Waals surface area contributed by atoms with Gasteiger partial charge in [-0.05, 0) is 50.6 Å². The molecule has 1 saturated carbocycles.